The highest BCUT2D eigenvalue weighted by molar-refractivity contribution is 6.30. The van der Waals surface area contributed by atoms with E-state index in [1.165, 1.54) is 12.1 Å². The maximum atomic E-state index is 13.0. The van der Waals surface area contributed by atoms with Crippen LogP contribution in [0.2, 0.25) is 5.02 Å². The molecule has 4 heteroatoms. The lowest BCUT2D eigenvalue weighted by Gasteiger charge is -2.14. The van der Waals surface area contributed by atoms with E-state index in [1.54, 1.807) is 6.07 Å². The number of benzene rings is 1. The average Bonchev–Trinajstić information content (AvgIpc) is 2.49. The fraction of sp³-hybridized carbons (Fsp3) is 0.455. The van der Waals surface area contributed by atoms with Crippen LogP contribution in [0.25, 0.3) is 0 Å². The van der Waals surface area contributed by atoms with Crippen LogP contribution in [-0.4, -0.2) is 12.1 Å². The molecule has 0 saturated heterocycles. The monoisotopic (exact) mass is 228 g/mol. The summed E-state index contributed by atoms with van der Waals surface area (Å²) in [5, 5.41) is 3.66. The molecule has 0 amide bonds. The number of hydrogen-bond acceptors (Lipinski definition) is 2. The van der Waals surface area contributed by atoms with Gasteiger partial charge in [0.2, 0.25) is 0 Å². The fourth-order valence-electron chi connectivity index (χ4n) is 2.02. The minimum absolute atomic E-state index is 0.270. The lowest BCUT2D eigenvalue weighted by molar-refractivity contribution is 0.627. The fourth-order valence-corrected chi connectivity index (χ4v) is 2.24. The molecule has 3 N–H and O–H groups in total. The van der Waals surface area contributed by atoms with E-state index in [0.29, 0.717) is 11.1 Å². The third-order valence-electron chi connectivity index (χ3n) is 2.71. The quantitative estimate of drug-likeness (QED) is 0.817. The number of hydrogen-bond donors (Lipinski definition) is 2. The molecule has 2 nitrogen and oxygen atoms in total. The number of halogens is 2. The Hall–Kier alpha value is -0.800. The van der Waals surface area contributed by atoms with Crippen LogP contribution in [0, 0.1) is 5.82 Å². The van der Waals surface area contributed by atoms with Gasteiger partial charge in [-0.05, 0) is 37.5 Å². The van der Waals surface area contributed by atoms with Crippen molar-refractivity contribution in [1.29, 1.82) is 0 Å². The lowest BCUT2D eigenvalue weighted by atomic mass is 10.2. The van der Waals surface area contributed by atoms with Gasteiger partial charge in [-0.3, -0.25) is 0 Å². The van der Waals surface area contributed by atoms with Crippen LogP contribution in [0.1, 0.15) is 19.3 Å². The molecule has 82 valence electrons. The van der Waals surface area contributed by atoms with Crippen molar-refractivity contribution < 1.29 is 4.39 Å². The first kappa shape index (κ1) is 10.7. The van der Waals surface area contributed by atoms with Gasteiger partial charge < -0.3 is 11.1 Å². The van der Waals surface area contributed by atoms with Crippen molar-refractivity contribution in [2.75, 3.05) is 5.32 Å². The van der Waals surface area contributed by atoms with E-state index in [4.69, 9.17) is 17.3 Å². The Morgan fingerprint density at radius 3 is 2.73 bits per heavy atom. The summed E-state index contributed by atoms with van der Waals surface area (Å²) < 4.78 is 13.0. The minimum atomic E-state index is -0.313. The third kappa shape index (κ3) is 2.83. The summed E-state index contributed by atoms with van der Waals surface area (Å²) >= 11 is 5.76. The second-order valence-corrected chi connectivity index (χ2v) is 4.51. The third-order valence-corrected chi connectivity index (χ3v) is 2.92. The molecule has 2 unspecified atom stereocenters. The Bertz CT molecular complexity index is 336. The highest BCUT2D eigenvalue weighted by atomic mass is 35.5. The van der Waals surface area contributed by atoms with Gasteiger partial charge in [0.15, 0.2) is 0 Å². The summed E-state index contributed by atoms with van der Waals surface area (Å²) in [6, 6.07) is 5.10. The van der Waals surface area contributed by atoms with E-state index in [2.05, 4.69) is 5.32 Å². The molecule has 0 bridgehead atoms. The molecule has 1 saturated carbocycles. The van der Waals surface area contributed by atoms with E-state index in [1.807, 2.05) is 0 Å². The van der Waals surface area contributed by atoms with Crippen molar-refractivity contribution in [1.82, 2.24) is 0 Å². The summed E-state index contributed by atoms with van der Waals surface area (Å²) in [6.45, 7) is 0. The predicted molar refractivity (Wildman–Crippen MR) is 60.6 cm³/mol. The average molecular weight is 229 g/mol. The van der Waals surface area contributed by atoms with Crippen LogP contribution in [0.5, 0.6) is 0 Å². The van der Waals surface area contributed by atoms with Crippen LogP contribution in [0.15, 0.2) is 18.2 Å². The van der Waals surface area contributed by atoms with Gasteiger partial charge in [-0.1, -0.05) is 11.6 Å². The van der Waals surface area contributed by atoms with E-state index in [-0.39, 0.29) is 11.9 Å². The van der Waals surface area contributed by atoms with Gasteiger partial charge in [-0.15, -0.1) is 0 Å². The Labute approximate surface area is 93.6 Å². The first-order chi connectivity index (χ1) is 7.13. The highest BCUT2D eigenvalue weighted by Gasteiger charge is 2.21. The summed E-state index contributed by atoms with van der Waals surface area (Å²) in [6.07, 6.45) is 3.00. The summed E-state index contributed by atoms with van der Waals surface area (Å²) in [5.74, 6) is -0.313. The Morgan fingerprint density at radius 1 is 1.33 bits per heavy atom. The van der Waals surface area contributed by atoms with Crippen molar-refractivity contribution in [2.24, 2.45) is 5.73 Å². The second kappa shape index (κ2) is 4.37. The van der Waals surface area contributed by atoms with Gasteiger partial charge >= 0.3 is 0 Å². The zero-order chi connectivity index (χ0) is 10.8. The van der Waals surface area contributed by atoms with Gasteiger partial charge in [0.1, 0.15) is 5.82 Å². The van der Waals surface area contributed by atoms with E-state index >= 15 is 0 Å². The lowest BCUT2D eigenvalue weighted by Crippen LogP contribution is -2.20. The molecule has 0 radical (unpaired) electrons. The zero-order valence-corrected chi connectivity index (χ0v) is 9.10. The highest BCUT2D eigenvalue weighted by Crippen LogP contribution is 2.24. The SMILES string of the molecule is NC1CCC(Nc2cc(F)cc(Cl)c2)C1. The Morgan fingerprint density at radius 2 is 2.13 bits per heavy atom. The molecule has 0 heterocycles. The van der Waals surface area contributed by atoms with Crippen LogP contribution < -0.4 is 11.1 Å². The van der Waals surface area contributed by atoms with Gasteiger partial charge in [0.05, 0.1) is 0 Å². The van der Waals surface area contributed by atoms with Crippen LogP contribution in [-0.2, 0) is 0 Å². The van der Waals surface area contributed by atoms with Crippen molar-refractivity contribution in [3.8, 4) is 0 Å². The number of nitrogens with one attached hydrogen (secondary N) is 1. The summed E-state index contributed by atoms with van der Waals surface area (Å²) in [7, 11) is 0. The molecule has 1 aliphatic carbocycles. The topological polar surface area (TPSA) is 38.0 Å². The second-order valence-electron chi connectivity index (χ2n) is 4.07. The molecule has 0 spiro atoms. The first-order valence-electron chi connectivity index (χ1n) is 5.12. The first-order valence-corrected chi connectivity index (χ1v) is 5.49. The maximum Gasteiger partial charge on any atom is 0.126 e. The largest absolute Gasteiger partial charge is 0.382 e. The van der Waals surface area contributed by atoms with Crippen molar-refractivity contribution in [3.05, 3.63) is 29.0 Å². The summed E-state index contributed by atoms with van der Waals surface area (Å²) in [5.41, 5.74) is 6.53. The smallest absolute Gasteiger partial charge is 0.126 e. The van der Waals surface area contributed by atoms with Gasteiger partial charge in [0, 0.05) is 22.8 Å². The van der Waals surface area contributed by atoms with Crippen molar-refractivity contribution >= 4 is 17.3 Å². The predicted octanol–water partition coefficient (Wildman–Crippen LogP) is 2.77. The van der Waals surface area contributed by atoms with E-state index < -0.39 is 0 Å². The molecule has 2 rings (SSSR count). The molecule has 0 aromatic heterocycles. The molecular weight excluding hydrogens is 215 g/mol. The molecule has 15 heavy (non-hydrogen) atoms. The Kier molecular flexibility index (Phi) is 3.12. The number of nitrogens with two attached hydrogens (primary N) is 1. The molecule has 0 aliphatic heterocycles. The standard InChI is InChI=1S/C11H14ClFN2/c12-7-3-8(13)5-11(4-7)15-10-2-1-9(14)6-10/h3-5,9-10,15H,1-2,6,14H2. The number of anilines is 1. The molecule has 1 aromatic rings. The van der Waals surface area contributed by atoms with Crippen LogP contribution in [0.4, 0.5) is 10.1 Å². The van der Waals surface area contributed by atoms with E-state index in [9.17, 15) is 4.39 Å². The van der Waals surface area contributed by atoms with Gasteiger partial charge in [-0.25, -0.2) is 4.39 Å². The number of rotatable bonds is 2. The van der Waals surface area contributed by atoms with Crippen LogP contribution >= 0.6 is 11.6 Å². The van der Waals surface area contributed by atoms with Crippen molar-refractivity contribution in [2.45, 2.75) is 31.3 Å². The normalized spacial score (nSPS) is 25.5. The molecule has 1 aliphatic rings. The van der Waals surface area contributed by atoms with Gasteiger partial charge in [0.25, 0.3) is 0 Å². The zero-order valence-electron chi connectivity index (χ0n) is 8.34. The van der Waals surface area contributed by atoms with Crippen LogP contribution in [0.3, 0.4) is 0 Å². The Balaban J connectivity index is 2.04. The molecular formula is C11H14ClFN2. The summed E-state index contributed by atoms with van der Waals surface area (Å²) in [4.78, 5) is 0. The maximum absolute atomic E-state index is 13.0. The van der Waals surface area contributed by atoms with Crippen molar-refractivity contribution in [3.63, 3.8) is 0 Å². The van der Waals surface area contributed by atoms with Gasteiger partial charge in [-0.2, -0.15) is 0 Å². The molecule has 1 fully saturated rings. The minimum Gasteiger partial charge on any atom is -0.382 e. The van der Waals surface area contributed by atoms with E-state index in [0.717, 1.165) is 24.9 Å². The molecule has 2 atom stereocenters. The molecule has 1 aromatic carbocycles.